The molecule has 4 rings (SSSR count). The summed E-state index contributed by atoms with van der Waals surface area (Å²) in [7, 11) is -3.66. The lowest BCUT2D eigenvalue weighted by atomic mass is 10.2. The first-order valence-corrected chi connectivity index (χ1v) is 12.2. The van der Waals surface area contributed by atoms with Crippen LogP contribution in [0.3, 0.4) is 0 Å². The molecule has 0 saturated carbocycles. The normalized spacial score (nSPS) is 15.5. The van der Waals surface area contributed by atoms with Gasteiger partial charge in [-0.3, -0.25) is 0 Å². The molecule has 0 amide bonds. The summed E-state index contributed by atoms with van der Waals surface area (Å²) in [4.78, 5) is 23.9. The Morgan fingerprint density at radius 2 is 1.69 bits per heavy atom. The lowest BCUT2D eigenvalue weighted by Crippen LogP contribution is -2.36. The number of para-hydroxylation sites is 2. The topological polar surface area (TPSA) is 92.7 Å². The second-order valence-electron chi connectivity index (χ2n) is 7.30. The third kappa shape index (κ3) is 4.55. The number of fused-ring (bicyclic) bond motifs is 1. The van der Waals surface area contributed by atoms with Gasteiger partial charge in [0.05, 0.1) is 22.5 Å². The van der Waals surface area contributed by atoms with E-state index in [1.165, 1.54) is 16.4 Å². The second kappa shape index (κ2) is 9.40. The maximum Gasteiger partial charge on any atom is 0.360 e. The molecule has 0 atom stereocenters. The van der Waals surface area contributed by atoms with Crippen molar-refractivity contribution in [1.82, 2.24) is 14.3 Å². The van der Waals surface area contributed by atoms with Gasteiger partial charge < -0.3 is 9.64 Å². The monoisotopic (exact) mass is 474 g/mol. The Bertz CT molecular complexity index is 1230. The zero-order valence-electron chi connectivity index (χ0n) is 17.6. The largest absolute Gasteiger partial charge is 0.461 e. The molecule has 168 valence electrons. The van der Waals surface area contributed by atoms with Crippen LogP contribution in [-0.4, -0.2) is 61.4 Å². The zero-order valence-corrected chi connectivity index (χ0v) is 19.1. The van der Waals surface area contributed by atoms with Crippen LogP contribution in [0.25, 0.3) is 11.0 Å². The summed E-state index contributed by atoms with van der Waals surface area (Å²) < 4.78 is 32.8. The molecule has 10 heteroatoms. The molecule has 0 spiro atoms. The van der Waals surface area contributed by atoms with Crippen molar-refractivity contribution in [2.75, 3.05) is 37.7 Å². The van der Waals surface area contributed by atoms with Gasteiger partial charge in [0.1, 0.15) is 0 Å². The standard InChI is InChI=1S/C22H23ClN4O4S/c1-2-31-22(28)20-21(25-19-7-4-3-6-18(19)24-20)26-12-5-13-27(15-14-26)32(29,30)17-10-8-16(23)9-11-17/h3-4,6-11H,2,5,12-15H2,1H3. The number of halogens is 1. The molecule has 8 nitrogen and oxygen atoms in total. The Balaban J connectivity index is 1.63. The highest BCUT2D eigenvalue weighted by Gasteiger charge is 2.29. The van der Waals surface area contributed by atoms with E-state index >= 15 is 0 Å². The number of ether oxygens (including phenoxy) is 1. The van der Waals surface area contributed by atoms with E-state index < -0.39 is 16.0 Å². The summed E-state index contributed by atoms with van der Waals surface area (Å²) in [6, 6.07) is 13.4. The molecule has 2 aromatic carbocycles. The molecular formula is C22H23ClN4O4S. The molecule has 3 aromatic rings. The molecule has 0 radical (unpaired) electrons. The zero-order chi connectivity index (χ0) is 22.7. The Kier molecular flexibility index (Phi) is 6.59. The van der Waals surface area contributed by atoms with Crippen LogP contribution in [0.4, 0.5) is 5.82 Å². The summed E-state index contributed by atoms with van der Waals surface area (Å²) in [6.07, 6.45) is 0.573. The third-order valence-electron chi connectivity index (χ3n) is 5.23. The Hall–Kier alpha value is -2.75. The molecule has 1 aromatic heterocycles. The number of nitrogens with zero attached hydrogens (tertiary/aromatic N) is 4. The van der Waals surface area contributed by atoms with Gasteiger partial charge in [-0.05, 0) is 49.7 Å². The van der Waals surface area contributed by atoms with Gasteiger partial charge in [0.15, 0.2) is 11.5 Å². The van der Waals surface area contributed by atoms with Crippen LogP contribution in [0.1, 0.15) is 23.8 Å². The van der Waals surface area contributed by atoms with Gasteiger partial charge in [-0.25, -0.2) is 23.2 Å². The fraction of sp³-hybridized carbons (Fsp3) is 0.318. The molecule has 1 fully saturated rings. The molecule has 0 aliphatic carbocycles. The average molecular weight is 475 g/mol. The first-order valence-electron chi connectivity index (χ1n) is 10.3. The van der Waals surface area contributed by atoms with Crippen LogP contribution in [-0.2, 0) is 14.8 Å². The number of sulfonamides is 1. The van der Waals surface area contributed by atoms with E-state index in [4.69, 9.17) is 16.3 Å². The number of anilines is 1. The molecule has 0 bridgehead atoms. The lowest BCUT2D eigenvalue weighted by molar-refractivity contribution is 0.0520. The molecule has 2 heterocycles. The van der Waals surface area contributed by atoms with Crippen molar-refractivity contribution in [2.24, 2.45) is 0 Å². The summed E-state index contributed by atoms with van der Waals surface area (Å²) in [5.74, 6) is -0.136. The number of carbonyl (C=O) groups excluding carboxylic acids is 1. The van der Waals surface area contributed by atoms with Gasteiger partial charge >= 0.3 is 5.97 Å². The van der Waals surface area contributed by atoms with E-state index in [9.17, 15) is 13.2 Å². The molecule has 0 unspecified atom stereocenters. The maximum absolute atomic E-state index is 13.1. The van der Waals surface area contributed by atoms with E-state index in [0.717, 1.165) is 0 Å². The third-order valence-corrected chi connectivity index (χ3v) is 7.39. The van der Waals surface area contributed by atoms with Crippen molar-refractivity contribution in [2.45, 2.75) is 18.2 Å². The van der Waals surface area contributed by atoms with Crippen LogP contribution in [0.2, 0.25) is 5.02 Å². The molecule has 32 heavy (non-hydrogen) atoms. The number of hydrogen-bond acceptors (Lipinski definition) is 7. The fourth-order valence-electron chi connectivity index (χ4n) is 3.65. The van der Waals surface area contributed by atoms with Crippen LogP contribution in [0, 0.1) is 0 Å². The number of carbonyl (C=O) groups is 1. The number of hydrogen-bond donors (Lipinski definition) is 0. The summed E-state index contributed by atoms with van der Waals surface area (Å²) >= 11 is 5.90. The minimum Gasteiger partial charge on any atom is -0.461 e. The number of esters is 1. The Labute approximate surface area is 191 Å². The second-order valence-corrected chi connectivity index (χ2v) is 9.68. The van der Waals surface area contributed by atoms with Crippen LogP contribution < -0.4 is 4.90 Å². The first-order chi connectivity index (χ1) is 15.4. The predicted octanol–water partition coefficient (Wildman–Crippen LogP) is 3.36. The van der Waals surface area contributed by atoms with Crippen LogP contribution in [0.5, 0.6) is 0 Å². The molecule has 1 aliphatic heterocycles. The van der Waals surface area contributed by atoms with Gasteiger partial charge in [0, 0.05) is 31.2 Å². The smallest absolute Gasteiger partial charge is 0.360 e. The number of rotatable bonds is 5. The SMILES string of the molecule is CCOC(=O)c1nc2ccccc2nc1N1CCCN(S(=O)(=O)c2ccc(Cl)cc2)CC1. The van der Waals surface area contributed by atoms with Crippen molar-refractivity contribution in [3.8, 4) is 0 Å². The summed E-state index contributed by atoms with van der Waals surface area (Å²) in [6.45, 7) is 3.47. The lowest BCUT2D eigenvalue weighted by Gasteiger charge is -2.24. The maximum atomic E-state index is 13.1. The highest BCUT2D eigenvalue weighted by atomic mass is 35.5. The first kappa shape index (κ1) is 22.4. The van der Waals surface area contributed by atoms with Crippen molar-refractivity contribution in [3.63, 3.8) is 0 Å². The van der Waals surface area contributed by atoms with Gasteiger partial charge in [-0.15, -0.1) is 0 Å². The highest BCUT2D eigenvalue weighted by Crippen LogP contribution is 2.25. The molecule has 0 N–H and O–H groups in total. The van der Waals surface area contributed by atoms with Crippen LogP contribution >= 0.6 is 11.6 Å². The van der Waals surface area contributed by atoms with Crippen molar-refractivity contribution in [1.29, 1.82) is 0 Å². The summed E-state index contributed by atoms with van der Waals surface area (Å²) in [5.41, 5.74) is 1.39. The van der Waals surface area contributed by atoms with E-state index in [-0.39, 0.29) is 23.7 Å². The Morgan fingerprint density at radius 3 is 2.38 bits per heavy atom. The van der Waals surface area contributed by atoms with Gasteiger partial charge in [-0.1, -0.05) is 23.7 Å². The fourth-order valence-corrected chi connectivity index (χ4v) is 5.24. The van der Waals surface area contributed by atoms with Crippen LogP contribution in [0.15, 0.2) is 53.4 Å². The number of aromatic nitrogens is 2. The molecule has 1 aliphatic rings. The van der Waals surface area contributed by atoms with Crippen molar-refractivity contribution in [3.05, 3.63) is 59.2 Å². The van der Waals surface area contributed by atoms with E-state index in [1.807, 2.05) is 23.1 Å². The average Bonchev–Trinajstić information content (AvgIpc) is 3.05. The van der Waals surface area contributed by atoms with E-state index in [0.29, 0.717) is 47.9 Å². The minimum atomic E-state index is -3.66. The minimum absolute atomic E-state index is 0.138. The van der Waals surface area contributed by atoms with E-state index in [1.54, 1.807) is 25.1 Å². The quantitative estimate of drug-likeness (QED) is 0.523. The van der Waals surface area contributed by atoms with Gasteiger partial charge in [-0.2, -0.15) is 4.31 Å². The molecular weight excluding hydrogens is 452 g/mol. The van der Waals surface area contributed by atoms with E-state index in [2.05, 4.69) is 9.97 Å². The van der Waals surface area contributed by atoms with Gasteiger partial charge in [0.2, 0.25) is 10.0 Å². The van der Waals surface area contributed by atoms with Crippen molar-refractivity contribution < 1.29 is 17.9 Å². The van der Waals surface area contributed by atoms with Gasteiger partial charge in [0.25, 0.3) is 0 Å². The highest BCUT2D eigenvalue weighted by molar-refractivity contribution is 7.89. The predicted molar refractivity (Wildman–Crippen MR) is 123 cm³/mol. The number of benzene rings is 2. The summed E-state index contributed by atoms with van der Waals surface area (Å²) in [5, 5.41) is 0.479. The van der Waals surface area contributed by atoms with Crippen molar-refractivity contribution >= 4 is 44.4 Å². The Morgan fingerprint density at radius 1 is 1.00 bits per heavy atom. The molecule has 1 saturated heterocycles.